The van der Waals surface area contributed by atoms with Crippen LogP contribution in [0.1, 0.15) is 4.88 Å². The van der Waals surface area contributed by atoms with Gasteiger partial charge in [-0.3, -0.25) is 4.98 Å². The minimum absolute atomic E-state index is 0.310. The summed E-state index contributed by atoms with van der Waals surface area (Å²) in [5.74, 6) is 1.48. The van der Waals surface area contributed by atoms with Crippen molar-refractivity contribution in [3.63, 3.8) is 0 Å². The molecule has 0 bridgehead atoms. The minimum Gasteiger partial charge on any atom is -0.378 e. The third-order valence-corrected chi connectivity index (χ3v) is 6.87. The van der Waals surface area contributed by atoms with Gasteiger partial charge in [-0.2, -0.15) is 0 Å². The first-order valence-corrected chi connectivity index (χ1v) is 11.5. The van der Waals surface area contributed by atoms with Gasteiger partial charge in [-0.05, 0) is 18.2 Å². The molecule has 4 rings (SSSR count). The minimum atomic E-state index is -3.25. The summed E-state index contributed by atoms with van der Waals surface area (Å²) in [5.41, 5.74) is 0.849. The van der Waals surface area contributed by atoms with E-state index in [2.05, 4.69) is 9.88 Å². The highest BCUT2D eigenvalue weighted by molar-refractivity contribution is 7.88. The van der Waals surface area contributed by atoms with Gasteiger partial charge in [0.25, 0.3) is 0 Å². The van der Waals surface area contributed by atoms with Crippen LogP contribution in [0.15, 0.2) is 30.6 Å². The number of ether oxygens (including phenoxy) is 1. The first-order chi connectivity index (χ1) is 13.4. The van der Waals surface area contributed by atoms with Crippen LogP contribution in [0.5, 0.6) is 0 Å². The highest BCUT2D eigenvalue weighted by Gasteiger charge is 2.21. The zero-order valence-electron chi connectivity index (χ0n) is 15.7. The van der Waals surface area contributed by atoms with Gasteiger partial charge in [0.1, 0.15) is 10.6 Å². The van der Waals surface area contributed by atoms with Crippen LogP contribution in [0.25, 0.3) is 21.6 Å². The monoisotopic (exact) mass is 419 g/mol. The van der Waals surface area contributed by atoms with Gasteiger partial charge in [0.15, 0.2) is 5.82 Å². The maximum atomic E-state index is 11.8. The van der Waals surface area contributed by atoms with E-state index in [-0.39, 0.29) is 0 Å². The van der Waals surface area contributed by atoms with E-state index in [0.29, 0.717) is 25.6 Å². The number of aromatic nitrogens is 3. The van der Waals surface area contributed by atoms with E-state index in [1.165, 1.54) is 21.9 Å². The molecule has 4 heterocycles. The number of morpholine rings is 1. The molecule has 8 nitrogen and oxygen atoms in total. The Bertz CT molecular complexity index is 1080. The van der Waals surface area contributed by atoms with Crippen molar-refractivity contribution in [1.29, 1.82) is 0 Å². The number of hydrogen-bond donors (Lipinski definition) is 0. The Balaban J connectivity index is 1.80. The lowest BCUT2D eigenvalue weighted by atomic mass is 10.2. The molecule has 3 aromatic rings. The second-order valence-electron chi connectivity index (χ2n) is 6.66. The molecule has 0 aromatic carbocycles. The Morgan fingerprint density at radius 3 is 2.75 bits per heavy atom. The molecule has 0 atom stereocenters. The zero-order chi connectivity index (χ0) is 19.7. The number of pyridine rings is 1. The van der Waals surface area contributed by atoms with Crippen LogP contribution >= 0.6 is 11.3 Å². The van der Waals surface area contributed by atoms with E-state index in [9.17, 15) is 8.42 Å². The fraction of sp³-hybridized carbons (Fsp3) is 0.389. The molecule has 0 amide bonds. The van der Waals surface area contributed by atoms with Crippen LogP contribution in [0.2, 0.25) is 0 Å². The number of anilines is 1. The molecular weight excluding hydrogens is 398 g/mol. The standard InChI is InChI=1S/C18H21N5O3S2/c1-22(28(2,24)25)12-14-10-15-17(23-6-8-26-9-7-23)20-16(21-18(15)27-14)13-4-3-5-19-11-13/h3-5,10-11H,6-9,12H2,1-2H3. The average Bonchev–Trinajstić information content (AvgIpc) is 3.10. The molecule has 1 fully saturated rings. The first-order valence-electron chi connectivity index (χ1n) is 8.87. The quantitative estimate of drug-likeness (QED) is 0.625. The third-order valence-electron chi connectivity index (χ3n) is 4.60. The topological polar surface area (TPSA) is 88.5 Å². The number of fused-ring (bicyclic) bond motifs is 1. The molecule has 10 heteroatoms. The summed E-state index contributed by atoms with van der Waals surface area (Å²) in [6.07, 6.45) is 4.67. The molecule has 0 aliphatic carbocycles. The Morgan fingerprint density at radius 2 is 2.07 bits per heavy atom. The van der Waals surface area contributed by atoms with E-state index in [1.54, 1.807) is 19.4 Å². The SMILES string of the molecule is CN(Cc1cc2c(N3CCOCC3)nc(-c3cccnc3)nc2s1)S(C)(=O)=O. The molecule has 1 aliphatic heterocycles. The smallest absolute Gasteiger partial charge is 0.211 e. The Morgan fingerprint density at radius 1 is 1.29 bits per heavy atom. The average molecular weight is 420 g/mol. The van der Waals surface area contributed by atoms with Gasteiger partial charge in [0.05, 0.1) is 24.9 Å². The second-order valence-corrected chi connectivity index (χ2v) is 9.87. The van der Waals surface area contributed by atoms with Crippen LogP contribution in [0.4, 0.5) is 5.82 Å². The van der Waals surface area contributed by atoms with Crippen molar-refractivity contribution in [2.24, 2.45) is 0 Å². The third kappa shape index (κ3) is 4.00. The molecule has 0 unspecified atom stereocenters. The van der Waals surface area contributed by atoms with Crippen LogP contribution in [0, 0.1) is 0 Å². The number of sulfonamides is 1. The molecule has 1 aliphatic rings. The van der Waals surface area contributed by atoms with Crippen molar-refractivity contribution in [1.82, 2.24) is 19.3 Å². The van der Waals surface area contributed by atoms with E-state index >= 15 is 0 Å². The summed E-state index contributed by atoms with van der Waals surface area (Å²) in [4.78, 5) is 17.7. The number of thiophene rings is 1. The van der Waals surface area contributed by atoms with Gasteiger partial charge < -0.3 is 9.64 Å². The summed E-state index contributed by atoms with van der Waals surface area (Å²) in [5, 5.41) is 0.941. The molecule has 148 valence electrons. The number of nitrogens with zero attached hydrogens (tertiary/aromatic N) is 5. The summed E-state index contributed by atoms with van der Waals surface area (Å²) in [6, 6.07) is 5.79. The highest BCUT2D eigenvalue weighted by Crippen LogP contribution is 2.34. The molecule has 0 spiro atoms. The fourth-order valence-corrected chi connectivity index (χ4v) is 4.54. The van der Waals surface area contributed by atoms with E-state index in [0.717, 1.165) is 39.6 Å². The highest BCUT2D eigenvalue weighted by atomic mass is 32.2. The van der Waals surface area contributed by atoms with Crippen molar-refractivity contribution >= 4 is 37.4 Å². The number of rotatable bonds is 5. The Kier molecular flexibility index (Phi) is 5.28. The van der Waals surface area contributed by atoms with Crippen LogP contribution in [0.3, 0.4) is 0 Å². The van der Waals surface area contributed by atoms with Gasteiger partial charge in [-0.15, -0.1) is 11.3 Å². The lowest BCUT2D eigenvalue weighted by molar-refractivity contribution is 0.122. The van der Waals surface area contributed by atoms with E-state index < -0.39 is 10.0 Å². The normalized spacial score (nSPS) is 15.5. The summed E-state index contributed by atoms with van der Waals surface area (Å²) >= 11 is 1.49. The summed E-state index contributed by atoms with van der Waals surface area (Å²) < 4.78 is 30.4. The summed E-state index contributed by atoms with van der Waals surface area (Å²) in [6.45, 7) is 3.13. The van der Waals surface area contributed by atoms with Crippen molar-refractivity contribution < 1.29 is 13.2 Å². The molecule has 0 radical (unpaired) electrons. The van der Waals surface area contributed by atoms with Crippen molar-refractivity contribution in [2.45, 2.75) is 6.54 Å². The van der Waals surface area contributed by atoms with Gasteiger partial charge in [0.2, 0.25) is 10.0 Å². The van der Waals surface area contributed by atoms with Crippen LogP contribution in [-0.4, -0.2) is 67.3 Å². The maximum absolute atomic E-state index is 11.8. The zero-order valence-corrected chi connectivity index (χ0v) is 17.3. The molecule has 1 saturated heterocycles. The second kappa shape index (κ2) is 7.70. The molecule has 28 heavy (non-hydrogen) atoms. The summed E-state index contributed by atoms with van der Waals surface area (Å²) in [7, 11) is -1.67. The van der Waals surface area contributed by atoms with Gasteiger partial charge >= 0.3 is 0 Å². The lowest BCUT2D eigenvalue weighted by Crippen LogP contribution is -2.37. The fourth-order valence-electron chi connectivity index (χ4n) is 3.01. The van der Waals surface area contributed by atoms with Crippen molar-refractivity contribution in [2.75, 3.05) is 44.5 Å². The predicted molar refractivity (Wildman–Crippen MR) is 110 cm³/mol. The molecule has 0 saturated carbocycles. The van der Waals surface area contributed by atoms with E-state index in [4.69, 9.17) is 14.7 Å². The van der Waals surface area contributed by atoms with Crippen LogP contribution in [-0.2, 0) is 21.3 Å². The van der Waals surface area contributed by atoms with Crippen LogP contribution < -0.4 is 4.90 Å². The Labute approximate surface area is 167 Å². The van der Waals surface area contributed by atoms with Crippen molar-refractivity contribution in [3.05, 3.63) is 35.5 Å². The molecular formula is C18H21N5O3S2. The van der Waals surface area contributed by atoms with Gasteiger partial charge in [0, 0.05) is 49.5 Å². The maximum Gasteiger partial charge on any atom is 0.211 e. The van der Waals surface area contributed by atoms with Gasteiger partial charge in [-0.1, -0.05) is 0 Å². The van der Waals surface area contributed by atoms with E-state index in [1.807, 2.05) is 18.2 Å². The predicted octanol–water partition coefficient (Wildman–Crippen LogP) is 1.98. The molecule has 3 aromatic heterocycles. The lowest BCUT2D eigenvalue weighted by Gasteiger charge is -2.28. The van der Waals surface area contributed by atoms with Gasteiger partial charge in [-0.25, -0.2) is 22.7 Å². The number of hydrogen-bond acceptors (Lipinski definition) is 8. The molecule has 0 N–H and O–H groups in total. The largest absolute Gasteiger partial charge is 0.378 e. The Hall–Kier alpha value is -2.14. The van der Waals surface area contributed by atoms with Crippen molar-refractivity contribution in [3.8, 4) is 11.4 Å². The first kappa shape index (κ1) is 19.2.